The zero-order valence-corrected chi connectivity index (χ0v) is 14.1. The average Bonchev–Trinajstić information content (AvgIpc) is 2.52. The van der Waals surface area contributed by atoms with Gasteiger partial charge in [0.1, 0.15) is 0 Å². The maximum atomic E-state index is 11.9. The summed E-state index contributed by atoms with van der Waals surface area (Å²) in [5, 5.41) is 3.02. The summed E-state index contributed by atoms with van der Waals surface area (Å²) in [5.41, 5.74) is 1.03. The molecule has 0 unspecified atom stereocenters. The van der Waals surface area contributed by atoms with Crippen LogP contribution in [-0.4, -0.2) is 37.0 Å². The summed E-state index contributed by atoms with van der Waals surface area (Å²) in [6, 6.07) is 7.90. The quantitative estimate of drug-likeness (QED) is 0.826. The van der Waals surface area contributed by atoms with Gasteiger partial charge in [-0.15, -0.1) is 0 Å². The number of hydrogen-bond acceptors (Lipinski definition) is 2. The molecule has 0 saturated carbocycles. The monoisotopic (exact) mass is 350 g/mol. The molecule has 1 N–H and O–H groups in total. The van der Waals surface area contributed by atoms with E-state index in [-0.39, 0.29) is 5.91 Å². The summed E-state index contributed by atoms with van der Waals surface area (Å²) in [4.78, 5) is 14.3. The minimum Gasteiger partial charge on any atom is -0.352 e. The smallest absolute Gasteiger partial charge is 0.244 e. The predicted octanol–water partition coefficient (Wildman–Crippen LogP) is 3.31. The molecular weight excluding hydrogens is 328 g/mol. The van der Waals surface area contributed by atoms with E-state index in [0.29, 0.717) is 5.92 Å². The van der Waals surface area contributed by atoms with Gasteiger partial charge in [0.05, 0.1) is 0 Å². The summed E-state index contributed by atoms with van der Waals surface area (Å²) < 4.78 is 1.04. The van der Waals surface area contributed by atoms with Crippen LogP contribution >= 0.6 is 15.9 Å². The molecule has 1 aromatic rings. The maximum absolute atomic E-state index is 11.9. The van der Waals surface area contributed by atoms with Crippen molar-refractivity contribution in [2.75, 3.05) is 26.2 Å². The molecule has 1 amide bonds. The first kappa shape index (κ1) is 16.2. The van der Waals surface area contributed by atoms with E-state index in [2.05, 4.69) is 33.1 Å². The van der Waals surface area contributed by atoms with E-state index in [1.54, 1.807) is 6.08 Å². The molecule has 1 aliphatic rings. The van der Waals surface area contributed by atoms with Crippen molar-refractivity contribution in [3.63, 3.8) is 0 Å². The number of nitrogens with one attached hydrogen (secondary N) is 1. The molecule has 1 fully saturated rings. The molecule has 3 nitrogen and oxygen atoms in total. The number of hydrogen-bond donors (Lipinski definition) is 1. The van der Waals surface area contributed by atoms with Crippen molar-refractivity contribution < 1.29 is 4.79 Å². The van der Waals surface area contributed by atoms with Gasteiger partial charge in [-0.05, 0) is 55.6 Å². The molecule has 0 spiro atoms. The second-order valence-electron chi connectivity index (χ2n) is 5.53. The summed E-state index contributed by atoms with van der Waals surface area (Å²) in [6.07, 6.45) is 5.92. The van der Waals surface area contributed by atoms with E-state index in [1.807, 2.05) is 30.3 Å². The van der Waals surface area contributed by atoms with E-state index in [4.69, 9.17) is 0 Å². The lowest BCUT2D eigenvalue weighted by Crippen LogP contribution is -2.40. The van der Waals surface area contributed by atoms with Gasteiger partial charge in [0.25, 0.3) is 0 Å². The van der Waals surface area contributed by atoms with Gasteiger partial charge < -0.3 is 10.2 Å². The predicted molar refractivity (Wildman–Crippen MR) is 91.0 cm³/mol. The first-order chi connectivity index (χ1) is 10.2. The minimum absolute atomic E-state index is 0.00783. The number of halogens is 1. The number of carbonyl (C=O) groups is 1. The van der Waals surface area contributed by atoms with Crippen LogP contribution in [0.15, 0.2) is 34.8 Å². The Morgan fingerprint density at radius 3 is 2.90 bits per heavy atom. The Kier molecular flexibility index (Phi) is 6.46. The highest BCUT2D eigenvalue weighted by Crippen LogP contribution is 2.15. The van der Waals surface area contributed by atoms with Crippen LogP contribution in [0.5, 0.6) is 0 Å². The summed E-state index contributed by atoms with van der Waals surface area (Å²) in [7, 11) is 0. The Morgan fingerprint density at radius 2 is 2.19 bits per heavy atom. The molecule has 1 heterocycles. The van der Waals surface area contributed by atoms with Gasteiger partial charge in [0, 0.05) is 23.6 Å². The van der Waals surface area contributed by atoms with E-state index in [0.717, 1.165) is 29.7 Å². The topological polar surface area (TPSA) is 32.3 Å². The molecule has 1 aliphatic heterocycles. The molecule has 1 atom stereocenters. The first-order valence-electron chi connectivity index (χ1n) is 7.61. The van der Waals surface area contributed by atoms with Crippen LogP contribution in [0.1, 0.15) is 25.3 Å². The van der Waals surface area contributed by atoms with Crippen LogP contribution in [0.2, 0.25) is 0 Å². The van der Waals surface area contributed by atoms with E-state index in [1.165, 1.54) is 19.4 Å². The van der Waals surface area contributed by atoms with Crippen LogP contribution in [0, 0.1) is 5.92 Å². The summed E-state index contributed by atoms with van der Waals surface area (Å²) >= 11 is 3.40. The van der Waals surface area contributed by atoms with Gasteiger partial charge in [-0.25, -0.2) is 0 Å². The summed E-state index contributed by atoms with van der Waals surface area (Å²) in [5.74, 6) is 0.579. The molecule has 0 radical (unpaired) electrons. The van der Waals surface area contributed by atoms with Crippen molar-refractivity contribution >= 4 is 27.9 Å². The van der Waals surface area contributed by atoms with Gasteiger partial charge in [0.2, 0.25) is 5.91 Å². The zero-order valence-electron chi connectivity index (χ0n) is 12.5. The van der Waals surface area contributed by atoms with Crippen LogP contribution in [0.25, 0.3) is 6.08 Å². The molecule has 1 saturated heterocycles. The highest BCUT2D eigenvalue weighted by molar-refractivity contribution is 9.10. The lowest BCUT2D eigenvalue weighted by atomic mass is 9.98. The number of nitrogens with zero attached hydrogens (tertiary/aromatic N) is 1. The number of rotatable bonds is 5. The van der Waals surface area contributed by atoms with Crippen molar-refractivity contribution in [3.8, 4) is 0 Å². The SMILES string of the molecule is CCN1CCC[C@H](CNC(=O)/C=C\c2ccc(Br)cc2)C1. The number of amides is 1. The van der Waals surface area contributed by atoms with E-state index < -0.39 is 0 Å². The molecule has 114 valence electrons. The van der Waals surface area contributed by atoms with Crippen molar-refractivity contribution in [3.05, 3.63) is 40.4 Å². The van der Waals surface area contributed by atoms with Gasteiger partial charge in [0.15, 0.2) is 0 Å². The fourth-order valence-electron chi connectivity index (χ4n) is 2.65. The highest BCUT2D eigenvalue weighted by Gasteiger charge is 2.18. The molecular formula is C17H23BrN2O. The van der Waals surface area contributed by atoms with Crippen LogP contribution in [0.4, 0.5) is 0 Å². The fourth-order valence-corrected chi connectivity index (χ4v) is 2.92. The molecule has 0 aliphatic carbocycles. The number of likely N-dealkylation sites (tertiary alicyclic amines) is 1. The van der Waals surface area contributed by atoms with Gasteiger partial charge in [-0.1, -0.05) is 35.0 Å². The third kappa shape index (κ3) is 5.64. The van der Waals surface area contributed by atoms with Crippen molar-refractivity contribution in [2.45, 2.75) is 19.8 Å². The van der Waals surface area contributed by atoms with E-state index in [9.17, 15) is 4.79 Å². The molecule has 0 aromatic heterocycles. The highest BCUT2D eigenvalue weighted by atomic mass is 79.9. The lowest BCUT2D eigenvalue weighted by molar-refractivity contribution is -0.116. The summed E-state index contributed by atoms with van der Waals surface area (Å²) in [6.45, 7) is 6.38. The maximum Gasteiger partial charge on any atom is 0.244 e. The largest absolute Gasteiger partial charge is 0.352 e. The standard InChI is InChI=1S/C17H23BrN2O/c1-2-20-11-3-4-15(13-20)12-19-17(21)10-7-14-5-8-16(18)9-6-14/h5-10,15H,2-4,11-13H2,1H3,(H,19,21)/b10-7-/t15-/m1/s1. The number of carbonyl (C=O) groups excluding carboxylic acids is 1. The Bertz CT molecular complexity index is 484. The lowest BCUT2D eigenvalue weighted by Gasteiger charge is -2.31. The van der Waals surface area contributed by atoms with Crippen LogP contribution in [0.3, 0.4) is 0 Å². The second kappa shape index (κ2) is 8.35. The molecule has 2 rings (SSSR count). The zero-order chi connectivity index (χ0) is 15.1. The van der Waals surface area contributed by atoms with Gasteiger partial charge in [-0.2, -0.15) is 0 Å². The Labute approximate surface area is 135 Å². The van der Waals surface area contributed by atoms with Crippen LogP contribution < -0.4 is 5.32 Å². The average molecular weight is 351 g/mol. The van der Waals surface area contributed by atoms with Gasteiger partial charge in [-0.3, -0.25) is 4.79 Å². The van der Waals surface area contributed by atoms with Crippen molar-refractivity contribution in [2.24, 2.45) is 5.92 Å². The Balaban J connectivity index is 1.75. The van der Waals surface area contributed by atoms with Gasteiger partial charge >= 0.3 is 0 Å². The third-order valence-corrected chi connectivity index (χ3v) is 4.44. The fraction of sp³-hybridized carbons (Fsp3) is 0.471. The third-order valence-electron chi connectivity index (χ3n) is 3.91. The van der Waals surface area contributed by atoms with Crippen molar-refractivity contribution in [1.82, 2.24) is 10.2 Å². The number of piperidine rings is 1. The van der Waals surface area contributed by atoms with E-state index >= 15 is 0 Å². The molecule has 1 aromatic carbocycles. The first-order valence-corrected chi connectivity index (χ1v) is 8.40. The Hall–Kier alpha value is -1.13. The Morgan fingerprint density at radius 1 is 1.43 bits per heavy atom. The normalized spacial score (nSPS) is 19.8. The number of benzene rings is 1. The van der Waals surface area contributed by atoms with Crippen LogP contribution in [-0.2, 0) is 4.79 Å². The minimum atomic E-state index is -0.00783. The molecule has 21 heavy (non-hydrogen) atoms. The molecule has 4 heteroatoms. The van der Waals surface area contributed by atoms with Crippen molar-refractivity contribution in [1.29, 1.82) is 0 Å². The molecule has 0 bridgehead atoms. The second-order valence-corrected chi connectivity index (χ2v) is 6.45.